The van der Waals surface area contributed by atoms with Gasteiger partial charge in [0.1, 0.15) is 0 Å². The lowest BCUT2D eigenvalue weighted by molar-refractivity contribution is 0.164. The van der Waals surface area contributed by atoms with Crippen molar-refractivity contribution in [2.24, 2.45) is 0 Å². The lowest BCUT2D eigenvalue weighted by atomic mass is 9.75. The van der Waals surface area contributed by atoms with Crippen LogP contribution in [0.5, 0.6) is 0 Å². The molecule has 0 saturated carbocycles. The van der Waals surface area contributed by atoms with E-state index >= 15 is 0 Å². The highest BCUT2D eigenvalue weighted by molar-refractivity contribution is 8.03. The van der Waals surface area contributed by atoms with Crippen molar-refractivity contribution in [3.8, 4) is 11.1 Å². The van der Waals surface area contributed by atoms with E-state index < -0.39 is 6.09 Å². The fraction of sp³-hybridized carbons (Fsp3) is 0.214. The fourth-order valence-electron chi connectivity index (χ4n) is 5.57. The summed E-state index contributed by atoms with van der Waals surface area (Å²) in [5.41, 5.74) is 12.1. The van der Waals surface area contributed by atoms with Crippen molar-refractivity contribution in [3.63, 3.8) is 0 Å². The summed E-state index contributed by atoms with van der Waals surface area (Å²) in [4.78, 5) is 17.5. The number of hydrogen-bond acceptors (Lipinski definition) is 3. The van der Waals surface area contributed by atoms with Crippen LogP contribution in [0.25, 0.3) is 22.3 Å². The Hall–Kier alpha value is -3.31. The standard InChI is InChI=1S/C28H24N2O2S/c31-28(32)30-14-15-33-26(17-30)27-21(19-5-3-13-29-16-19)9-10-24-23-8-7-18-4-1-2-6-20(18)22(23)11-12-25(24)27/h1-6,11-16,26H,7-10,17H2,(H,31,32). The van der Waals surface area contributed by atoms with Crippen LogP contribution >= 0.6 is 11.8 Å². The van der Waals surface area contributed by atoms with Crippen LogP contribution < -0.4 is 0 Å². The summed E-state index contributed by atoms with van der Waals surface area (Å²) in [5.74, 6) is 0. The average Bonchev–Trinajstić information content (AvgIpc) is 2.88. The zero-order valence-electron chi connectivity index (χ0n) is 18.2. The van der Waals surface area contributed by atoms with E-state index in [9.17, 15) is 9.90 Å². The third kappa shape index (κ3) is 3.47. The van der Waals surface area contributed by atoms with Crippen LogP contribution in [0, 0.1) is 0 Å². The number of allylic oxidation sites excluding steroid dienone is 1. The first-order valence-corrected chi connectivity index (χ1v) is 12.3. The SMILES string of the molecule is O=C(O)N1C=CSC(C2=C(c3cccnc3)CCc3c2ccc2c3CCc3ccccc3-2)C1. The molecule has 0 bridgehead atoms. The number of pyridine rings is 1. The lowest BCUT2D eigenvalue weighted by Gasteiger charge is -2.35. The van der Waals surface area contributed by atoms with Gasteiger partial charge in [-0.15, -0.1) is 11.8 Å². The first kappa shape index (κ1) is 20.3. The normalized spacial score (nSPS) is 19.0. The van der Waals surface area contributed by atoms with Gasteiger partial charge in [-0.3, -0.25) is 9.88 Å². The molecule has 0 spiro atoms. The number of thioether (sulfide) groups is 1. The van der Waals surface area contributed by atoms with Crippen molar-refractivity contribution in [2.45, 2.75) is 30.9 Å². The Morgan fingerprint density at radius 3 is 2.61 bits per heavy atom. The van der Waals surface area contributed by atoms with E-state index in [0.29, 0.717) is 6.54 Å². The lowest BCUT2D eigenvalue weighted by Crippen LogP contribution is -2.34. The number of benzene rings is 2. The molecule has 6 rings (SSSR count). The Bertz CT molecular complexity index is 1310. The second kappa shape index (κ2) is 8.23. The minimum atomic E-state index is -0.904. The maximum atomic E-state index is 11.7. The number of fused-ring (bicyclic) bond motifs is 5. The molecule has 0 radical (unpaired) electrons. The third-order valence-electron chi connectivity index (χ3n) is 7.05. The smallest absolute Gasteiger partial charge is 0.411 e. The van der Waals surface area contributed by atoms with Crippen LogP contribution in [0.3, 0.4) is 0 Å². The Morgan fingerprint density at radius 1 is 0.939 bits per heavy atom. The van der Waals surface area contributed by atoms with Crippen LogP contribution in [0.4, 0.5) is 4.79 Å². The Balaban J connectivity index is 1.53. The first-order valence-electron chi connectivity index (χ1n) is 11.4. The summed E-state index contributed by atoms with van der Waals surface area (Å²) in [6, 6.07) is 17.4. The molecular formula is C28H24N2O2S. The molecule has 3 aromatic rings. The molecule has 0 fully saturated rings. The monoisotopic (exact) mass is 452 g/mol. The number of carboxylic acid groups (broad SMARTS) is 1. The van der Waals surface area contributed by atoms with Crippen LogP contribution in [0.1, 0.15) is 34.2 Å². The quantitative estimate of drug-likeness (QED) is 0.498. The minimum absolute atomic E-state index is 0.0503. The van der Waals surface area contributed by atoms with Gasteiger partial charge >= 0.3 is 6.09 Å². The van der Waals surface area contributed by atoms with Crippen molar-refractivity contribution < 1.29 is 9.90 Å². The largest absolute Gasteiger partial charge is 0.465 e. The zero-order chi connectivity index (χ0) is 22.4. The van der Waals surface area contributed by atoms with E-state index in [1.54, 1.807) is 24.2 Å². The molecule has 4 nitrogen and oxygen atoms in total. The van der Waals surface area contributed by atoms with Gasteiger partial charge in [-0.1, -0.05) is 42.5 Å². The van der Waals surface area contributed by atoms with Crippen molar-refractivity contribution in [2.75, 3.05) is 6.54 Å². The van der Waals surface area contributed by atoms with Crippen molar-refractivity contribution in [1.82, 2.24) is 9.88 Å². The molecule has 1 aromatic heterocycles. The van der Waals surface area contributed by atoms with Gasteiger partial charge < -0.3 is 5.11 Å². The summed E-state index contributed by atoms with van der Waals surface area (Å²) < 4.78 is 0. The third-order valence-corrected chi connectivity index (χ3v) is 8.04. The number of rotatable bonds is 2. The van der Waals surface area contributed by atoms with E-state index in [4.69, 9.17) is 0 Å². The van der Waals surface area contributed by atoms with Gasteiger partial charge in [-0.2, -0.15) is 0 Å². The predicted molar refractivity (Wildman–Crippen MR) is 134 cm³/mol. The average molecular weight is 453 g/mol. The highest BCUT2D eigenvalue weighted by Gasteiger charge is 2.32. The highest BCUT2D eigenvalue weighted by atomic mass is 32.2. The molecule has 1 atom stereocenters. The highest BCUT2D eigenvalue weighted by Crippen LogP contribution is 2.47. The van der Waals surface area contributed by atoms with Gasteiger partial charge in [-0.05, 0) is 87.2 Å². The maximum Gasteiger partial charge on any atom is 0.411 e. The predicted octanol–water partition coefficient (Wildman–Crippen LogP) is 6.27. The van der Waals surface area contributed by atoms with Gasteiger partial charge in [-0.25, -0.2) is 4.79 Å². The van der Waals surface area contributed by atoms with E-state index in [0.717, 1.165) is 31.2 Å². The summed E-state index contributed by atoms with van der Waals surface area (Å²) >= 11 is 1.72. The number of hydrogen-bond donors (Lipinski definition) is 1. The summed E-state index contributed by atoms with van der Waals surface area (Å²) in [6.45, 7) is 0.453. The number of carbonyl (C=O) groups is 1. The Labute approximate surface area is 197 Å². The molecule has 2 aromatic carbocycles. The molecular weight excluding hydrogens is 428 g/mol. The second-order valence-electron chi connectivity index (χ2n) is 8.75. The van der Waals surface area contributed by atoms with Crippen molar-refractivity contribution in [1.29, 1.82) is 0 Å². The molecule has 33 heavy (non-hydrogen) atoms. The topological polar surface area (TPSA) is 53.4 Å². The van der Waals surface area contributed by atoms with E-state index in [1.807, 2.05) is 17.7 Å². The number of aromatic nitrogens is 1. The molecule has 2 heterocycles. The molecule has 3 aliphatic rings. The summed E-state index contributed by atoms with van der Waals surface area (Å²) in [7, 11) is 0. The summed E-state index contributed by atoms with van der Waals surface area (Å²) in [6.07, 6.45) is 8.58. The second-order valence-corrected chi connectivity index (χ2v) is 9.87. The molecule has 1 unspecified atom stereocenters. The first-order chi connectivity index (χ1) is 16.2. The van der Waals surface area contributed by atoms with Gasteiger partial charge in [0.25, 0.3) is 0 Å². The van der Waals surface area contributed by atoms with Crippen LogP contribution in [0.2, 0.25) is 0 Å². The number of amides is 1. The molecule has 5 heteroatoms. The Kier molecular flexibility index (Phi) is 5.07. The minimum Gasteiger partial charge on any atom is -0.465 e. The van der Waals surface area contributed by atoms with Gasteiger partial charge in [0.05, 0.1) is 5.25 Å². The van der Waals surface area contributed by atoms with Crippen molar-refractivity contribution >= 4 is 29.0 Å². The molecule has 0 saturated heterocycles. The van der Waals surface area contributed by atoms with Gasteiger partial charge in [0.2, 0.25) is 0 Å². The van der Waals surface area contributed by atoms with Crippen molar-refractivity contribution in [3.05, 3.63) is 100 Å². The zero-order valence-corrected chi connectivity index (χ0v) is 19.0. The van der Waals surface area contributed by atoms with E-state index in [1.165, 1.54) is 49.4 Å². The van der Waals surface area contributed by atoms with Crippen LogP contribution in [-0.2, 0) is 19.3 Å². The Morgan fingerprint density at radius 2 is 1.76 bits per heavy atom. The van der Waals surface area contributed by atoms with E-state index in [2.05, 4.69) is 47.4 Å². The molecule has 1 N–H and O–H groups in total. The van der Waals surface area contributed by atoms with E-state index in [-0.39, 0.29) is 5.25 Å². The van der Waals surface area contributed by atoms with Gasteiger partial charge in [0, 0.05) is 25.1 Å². The summed E-state index contributed by atoms with van der Waals surface area (Å²) in [5, 5.41) is 11.6. The maximum absolute atomic E-state index is 11.7. The van der Waals surface area contributed by atoms with Crippen LogP contribution in [-0.4, -0.2) is 32.9 Å². The van der Waals surface area contributed by atoms with Gasteiger partial charge in [0.15, 0.2) is 0 Å². The molecule has 1 amide bonds. The fourth-order valence-corrected chi connectivity index (χ4v) is 6.63. The number of nitrogens with zero attached hydrogens (tertiary/aromatic N) is 2. The molecule has 1 aliphatic heterocycles. The molecule has 164 valence electrons. The van der Waals surface area contributed by atoms with Crippen LogP contribution in [0.15, 0.2) is 72.5 Å². The number of aryl methyl sites for hydroxylation is 1. The molecule has 2 aliphatic carbocycles.